The van der Waals surface area contributed by atoms with Gasteiger partial charge in [-0.3, -0.25) is 9.89 Å². The number of carboxylic acids is 1. The van der Waals surface area contributed by atoms with Crippen LogP contribution in [0.5, 0.6) is 0 Å². The lowest BCUT2D eigenvalue weighted by molar-refractivity contribution is -0.133. The Morgan fingerprint density at radius 2 is 2.64 bits per heavy atom. The van der Waals surface area contributed by atoms with Crippen LogP contribution in [-0.4, -0.2) is 27.0 Å². The minimum Gasteiger partial charge on any atom is -0.481 e. The zero-order valence-corrected chi connectivity index (χ0v) is 6.81. The van der Waals surface area contributed by atoms with E-state index in [0.29, 0.717) is 0 Å². The Balaban J connectivity index is 2.51. The zero-order chi connectivity index (χ0) is 8.27. The molecule has 60 valence electrons. The minimum atomic E-state index is -0.810. The van der Waals surface area contributed by atoms with Crippen molar-refractivity contribution in [3.63, 3.8) is 0 Å². The molecule has 1 heterocycles. The Morgan fingerprint density at radius 3 is 3.09 bits per heavy atom. The van der Waals surface area contributed by atoms with Gasteiger partial charge < -0.3 is 5.11 Å². The number of aliphatic carboxylic acids is 1. The second kappa shape index (κ2) is 3.43. The zero-order valence-electron chi connectivity index (χ0n) is 6.00. The Kier molecular flexibility index (Phi) is 2.53. The second-order valence-corrected chi connectivity index (χ2v) is 3.06. The smallest absolute Gasteiger partial charge is 0.313 e. The summed E-state index contributed by atoms with van der Waals surface area (Å²) in [6.45, 7) is 1.86. The molecule has 0 atom stereocenters. The average molecular weight is 172 g/mol. The number of aromatic amines is 1. The van der Waals surface area contributed by atoms with Gasteiger partial charge in [-0.2, -0.15) is 5.10 Å². The molecule has 0 unspecified atom stereocenters. The molecule has 5 heteroatoms. The molecule has 1 rings (SSSR count). The fourth-order valence-electron chi connectivity index (χ4n) is 0.625. The Morgan fingerprint density at radius 1 is 1.91 bits per heavy atom. The molecule has 0 spiro atoms. The van der Waals surface area contributed by atoms with Crippen LogP contribution in [0.25, 0.3) is 0 Å². The van der Waals surface area contributed by atoms with Crippen molar-refractivity contribution in [2.75, 3.05) is 5.75 Å². The van der Waals surface area contributed by atoms with Gasteiger partial charge >= 0.3 is 5.97 Å². The van der Waals surface area contributed by atoms with E-state index in [1.165, 1.54) is 11.8 Å². The van der Waals surface area contributed by atoms with Gasteiger partial charge in [0.1, 0.15) is 0 Å². The van der Waals surface area contributed by atoms with Gasteiger partial charge in [-0.15, -0.1) is 11.8 Å². The summed E-state index contributed by atoms with van der Waals surface area (Å²) >= 11 is 1.27. The lowest BCUT2D eigenvalue weighted by Gasteiger charge is -1.93. The van der Waals surface area contributed by atoms with Gasteiger partial charge in [0, 0.05) is 10.6 Å². The van der Waals surface area contributed by atoms with Crippen LogP contribution >= 0.6 is 11.8 Å². The number of nitrogens with one attached hydrogen (secondary N) is 1. The molecule has 0 aliphatic carbocycles. The van der Waals surface area contributed by atoms with E-state index in [-0.39, 0.29) is 5.75 Å². The third kappa shape index (κ3) is 2.27. The first-order valence-electron chi connectivity index (χ1n) is 3.04. The largest absolute Gasteiger partial charge is 0.481 e. The molecule has 0 fully saturated rings. The van der Waals surface area contributed by atoms with E-state index < -0.39 is 5.97 Å². The number of thioether (sulfide) groups is 1. The highest BCUT2D eigenvalue weighted by Gasteiger charge is 2.03. The first-order valence-corrected chi connectivity index (χ1v) is 4.03. The summed E-state index contributed by atoms with van der Waals surface area (Å²) in [6.07, 6.45) is 1.63. The third-order valence-electron chi connectivity index (χ3n) is 1.13. The summed E-state index contributed by atoms with van der Waals surface area (Å²) < 4.78 is 0. The summed E-state index contributed by atoms with van der Waals surface area (Å²) in [4.78, 5) is 11.1. The monoisotopic (exact) mass is 172 g/mol. The SMILES string of the molecule is Cc1[nH]ncc1SCC(=O)O. The van der Waals surface area contributed by atoms with Crippen molar-refractivity contribution >= 4 is 17.7 Å². The molecule has 0 saturated heterocycles. The Labute approximate surface area is 68.0 Å². The van der Waals surface area contributed by atoms with Gasteiger partial charge in [0.15, 0.2) is 0 Å². The van der Waals surface area contributed by atoms with Crippen LogP contribution in [0, 0.1) is 6.92 Å². The number of aromatic nitrogens is 2. The van der Waals surface area contributed by atoms with Crippen molar-refractivity contribution in [2.24, 2.45) is 0 Å². The topological polar surface area (TPSA) is 66.0 Å². The molecule has 2 N–H and O–H groups in total. The fraction of sp³-hybridized carbons (Fsp3) is 0.333. The van der Waals surface area contributed by atoms with Crippen LogP contribution in [0.1, 0.15) is 5.69 Å². The van der Waals surface area contributed by atoms with Gasteiger partial charge in [0.2, 0.25) is 0 Å². The van der Waals surface area contributed by atoms with E-state index in [1.54, 1.807) is 6.20 Å². The number of nitrogens with zero attached hydrogens (tertiary/aromatic N) is 1. The fourth-order valence-corrected chi connectivity index (χ4v) is 1.29. The maximum atomic E-state index is 10.2. The molecule has 0 bridgehead atoms. The number of H-pyrrole nitrogens is 1. The molecule has 11 heavy (non-hydrogen) atoms. The van der Waals surface area contributed by atoms with E-state index in [1.807, 2.05) is 6.92 Å². The molecule has 0 aromatic carbocycles. The van der Waals surface area contributed by atoms with Crippen LogP contribution in [-0.2, 0) is 4.79 Å². The van der Waals surface area contributed by atoms with E-state index in [2.05, 4.69) is 10.2 Å². The predicted molar refractivity (Wildman–Crippen MR) is 41.7 cm³/mol. The molecule has 4 nitrogen and oxygen atoms in total. The molecule has 1 aromatic rings. The van der Waals surface area contributed by atoms with E-state index in [4.69, 9.17) is 5.11 Å². The molecular weight excluding hydrogens is 164 g/mol. The van der Waals surface area contributed by atoms with Gasteiger partial charge in [-0.25, -0.2) is 0 Å². The molecule has 0 radical (unpaired) electrons. The first-order chi connectivity index (χ1) is 5.20. The van der Waals surface area contributed by atoms with Gasteiger partial charge in [0.25, 0.3) is 0 Å². The van der Waals surface area contributed by atoms with Crippen LogP contribution in [0.3, 0.4) is 0 Å². The maximum Gasteiger partial charge on any atom is 0.313 e. The molecule has 0 aliphatic rings. The summed E-state index contributed by atoms with van der Waals surface area (Å²) in [6, 6.07) is 0. The Hall–Kier alpha value is -0.970. The number of carboxylic acid groups (broad SMARTS) is 1. The standard InChI is InChI=1S/C6H8N2O2S/c1-4-5(2-7-8-4)11-3-6(9)10/h2H,3H2,1H3,(H,7,8)(H,9,10). The highest BCUT2D eigenvalue weighted by molar-refractivity contribution is 8.00. The van der Waals surface area contributed by atoms with Gasteiger partial charge in [-0.1, -0.05) is 0 Å². The van der Waals surface area contributed by atoms with Crippen molar-refractivity contribution in [3.8, 4) is 0 Å². The van der Waals surface area contributed by atoms with Crippen LogP contribution in [0.15, 0.2) is 11.1 Å². The predicted octanol–water partition coefficient (Wildman–Crippen LogP) is 0.895. The highest BCUT2D eigenvalue weighted by Crippen LogP contribution is 2.18. The summed E-state index contributed by atoms with van der Waals surface area (Å²) in [5, 5.41) is 14.8. The van der Waals surface area contributed by atoms with Crippen molar-refractivity contribution in [1.82, 2.24) is 10.2 Å². The number of aryl methyl sites for hydroxylation is 1. The molecular formula is C6H8N2O2S. The second-order valence-electron chi connectivity index (χ2n) is 2.04. The van der Waals surface area contributed by atoms with Gasteiger partial charge in [0.05, 0.1) is 11.9 Å². The van der Waals surface area contributed by atoms with Crippen molar-refractivity contribution < 1.29 is 9.90 Å². The number of carbonyl (C=O) groups is 1. The number of hydrogen-bond acceptors (Lipinski definition) is 3. The van der Waals surface area contributed by atoms with Crippen LogP contribution < -0.4 is 0 Å². The molecule has 0 saturated carbocycles. The quantitative estimate of drug-likeness (QED) is 0.665. The van der Waals surface area contributed by atoms with Gasteiger partial charge in [-0.05, 0) is 6.92 Å². The van der Waals surface area contributed by atoms with Crippen molar-refractivity contribution in [3.05, 3.63) is 11.9 Å². The highest BCUT2D eigenvalue weighted by atomic mass is 32.2. The lowest BCUT2D eigenvalue weighted by Crippen LogP contribution is -1.97. The Bertz CT molecular complexity index is 259. The lowest BCUT2D eigenvalue weighted by atomic mass is 10.5. The molecule has 1 aromatic heterocycles. The van der Waals surface area contributed by atoms with E-state index in [0.717, 1.165) is 10.6 Å². The third-order valence-corrected chi connectivity index (χ3v) is 2.25. The van der Waals surface area contributed by atoms with Crippen molar-refractivity contribution in [2.45, 2.75) is 11.8 Å². The van der Waals surface area contributed by atoms with Crippen LogP contribution in [0.2, 0.25) is 0 Å². The summed E-state index contributed by atoms with van der Waals surface area (Å²) in [5.41, 5.74) is 0.913. The number of hydrogen-bond donors (Lipinski definition) is 2. The van der Waals surface area contributed by atoms with Crippen LogP contribution in [0.4, 0.5) is 0 Å². The molecule has 0 aliphatic heterocycles. The van der Waals surface area contributed by atoms with E-state index in [9.17, 15) is 4.79 Å². The summed E-state index contributed by atoms with van der Waals surface area (Å²) in [5.74, 6) is -0.726. The van der Waals surface area contributed by atoms with Crippen molar-refractivity contribution in [1.29, 1.82) is 0 Å². The summed E-state index contributed by atoms with van der Waals surface area (Å²) in [7, 11) is 0. The molecule has 0 amide bonds. The average Bonchev–Trinajstić information content (AvgIpc) is 2.31. The maximum absolute atomic E-state index is 10.2. The number of rotatable bonds is 3. The normalized spacial score (nSPS) is 9.91. The minimum absolute atomic E-state index is 0.0837. The van der Waals surface area contributed by atoms with E-state index >= 15 is 0 Å². The first kappa shape index (κ1) is 8.13.